The summed E-state index contributed by atoms with van der Waals surface area (Å²) in [6, 6.07) is 12.4. The summed E-state index contributed by atoms with van der Waals surface area (Å²) in [6.45, 7) is 7.74. The van der Waals surface area contributed by atoms with Gasteiger partial charge in [-0.25, -0.2) is 9.59 Å². The van der Waals surface area contributed by atoms with Crippen LogP contribution in [0.4, 0.5) is 4.79 Å². The standard InChI is InChI=1S/C25H26N2O4/c1-5-6-17-7-9-19(10-8-17)25(4)23(29)27(24(30)26-25)14-18-13-22(28)31-21-12-16(3)15(2)11-20(18)21/h7-13H,5-6,14H2,1-4H3,(H,26,30)/t25-/m1/s1. The lowest BCUT2D eigenvalue weighted by atomic mass is 9.91. The quantitative estimate of drug-likeness (QED) is 0.494. The van der Waals surface area contributed by atoms with Crippen LogP contribution in [0.3, 0.4) is 0 Å². The average Bonchev–Trinajstić information content (AvgIpc) is 2.94. The summed E-state index contributed by atoms with van der Waals surface area (Å²) in [7, 11) is 0. The van der Waals surface area contributed by atoms with Crippen molar-refractivity contribution in [2.75, 3.05) is 0 Å². The second kappa shape index (κ2) is 7.69. The molecule has 6 heteroatoms. The predicted molar refractivity (Wildman–Crippen MR) is 119 cm³/mol. The molecule has 3 aromatic rings. The number of imide groups is 1. The predicted octanol–water partition coefficient (Wildman–Crippen LogP) is 4.33. The summed E-state index contributed by atoms with van der Waals surface area (Å²) >= 11 is 0. The molecule has 1 aromatic heterocycles. The number of fused-ring (bicyclic) bond motifs is 1. The molecule has 6 nitrogen and oxygen atoms in total. The van der Waals surface area contributed by atoms with Gasteiger partial charge in [-0.15, -0.1) is 0 Å². The SMILES string of the molecule is CCCc1ccc([C@@]2(C)NC(=O)N(Cc3cc(=O)oc4cc(C)c(C)cc34)C2=O)cc1. The Morgan fingerprint density at radius 1 is 1.00 bits per heavy atom. The van der Waals surface area contributed by atoms with E-state index in [1.165, 1.54) is 16.5 Å². The van der Waals surface area contributed by atoms with Crippen molar-refractivity contribution >= 4 is 22.9 Å². The zero-order chi connectivity index (χ0) is 22.3. The van der Waals surface area contributed by atoms with Gasteiger partial charge in [-0.3, -0.25) is 9.69 Å². The molecule has 1 aliphatic heterocycles. The van der Waals surface area contributed by atoms with Gasteiger partial charge < -0.3 is 9.73 Å². The number of aryl methyl sites for hydroxylation is 3. The fourth-order valence-corrected chi connectivity index (χ4v) is 4.11. The Kier molecular flexibility index (Phi) is 5.17. The topological polar surface area (TPSA) is 79.6 Å². The summed E-state index contributed by atoms with van der Waals surface area (Å²) in [6.07, 6.45) is 2.00. The highest BCUT2D eigenvalue weighted by Crippen LogP contribution is 2.31. The molecule has 1 atom stereocenters. The molecule has 2 aromatic carbocycles. The van der Waals surface area contributed by atoms with Crippen LogP contribution in [0.1, 0.15) is 48.1 Å². The van der Waals surface area contributed by atoms with Crippen LogP contribution < -0.4 is 10.9 Å². The Labute approximate surface area is 180 Å². The van der Waals surface area contributed by atoms with Crippen LogP contribution in [0, 0.1) is 13.8 Å². The number of benzene rings is 2. The molecule has 0 radical (unpaired) electrons. The molecule has 1 fully saturated rings. The van der Waals surface area contributed by atoms with Crippen molar-refractivity contribution in [1.29, 1.82) is 0 Å². The number of carbonyl (C=O) groups is 2. The highest BCUT2D eigenvalue weighted by Gasteiger charge is 2.49. The van der Waals surface area contributed by atoms with E-state index >= 15 is 0 Å². The highest BCUT2D eigenvalue weighted by atomic mass is 16.4. The van der Waals surface area contributed by atoms with E-state index in [0.717, 1.165) is 34.9 Å². The van der Waals surface area contributed by atoms with Crippen molar-refractivity contribution in [3.05, 3.63) is 80.7 Å². The number of nitrogens with one attached hydrogen (secondary N) is 1. The van der Waals surface area contributed by atoms with E-state index in [-0.39, 0.29) is 12.5 Å². The van der Waals surface area contributed by atoms with Crippen LogP contribution in [-0.4, -0.2) is 16.8 Å². The molecular formula is C25H26N2O4. The van der Waals surface area contributed by atoms with E-state index in [1.807, 2.05) is 50.2 Å². The Hall–Kier alpha value is -3.41. The van der Waals surface area contributed by atoms with E-state index in [2.05, 4.69) is 12.2 Å². The summed E-state index contributed by atoms with van der Waals surface area (Å²) in [5, 5.41) is 3.56. The number of rotatable bonds is 5. The summed E-state index contributed by atoms with van der Waals surface area (Å²) in [5.74, 6) is -0.342. The van der Waals surface area contributed by atoms with Gasteiger partial charge in [0.1, 0.15) is 11.1 Å². The Morgan fingerprint density at radius 3 is 2.35 bits per heavy atom. The minimum Gasteiger partial charge on any atom is -0.423 e. The minimum atomic E-state index is -1.15. The second-order valence-corrected chi connectivity index (χ2v) is 8.42. The molecule has 1 saturated heterocycles. The summed E-state index contributed by atoms with van der Waals surface area (Å²) < 4.78 is 5.34. The number of hydrogen-bond acceptors (Lipinski definition) is 4. The first-order valence-corrected chi connectivity index (χ1v) is 10.5. The van der Waals surface area contributed by atoms with Gasteiger partial charge in [-0.2, -0.15) is 0 Å². The lowest BCUT2D eigenvalue weighted by Crippen LogP contribution is -2.40. The van der Waals surface area contributed by atoms with Crippen LogP contribution >= 0.6 is 0 Å². The number of amides is 3. The zero-order valence-electron chi connectivity index (χ0n) is 18.2. The van der Waals surface area contributed by atoms with Gasteiger partial charge in [0, 0.05) is 11.5 Å². The first kappa shape index (κ1) is 20.8. The van der Waals surface area contributed by atoms with E-state index in [4.69, 9.17) is 4.42 Å². The molecule has 1 aliphatic rings. The van der Waals surface area contributed by atoms with Gasteiger partial charge in [0.2, 0.25) is 0 Å². The van der Waals surface area contributed by atoms with Crippen LogP contribution in [0.15, 0.2) is 51.7 Å². The summed E-state index contributed by atoms with van der Waals surface area (Å²) in [5.41, 5.74) is 3.34. The Bertz CT molecular complexity index is 1240. The number of nitrogens with zero attached hydrogens (tertiary/aromatic N) is 1. The second-order valence-electron chi connectivity index (χ2n) is 8.42. The summed E-state index contributed by atoms with van der Waals surface area (Å²) in [4.78, 5) is 39.4. The van der Waals surface area contributed by atoms with Gasteiger partial charge in [0.25, 0.3) is 5.91 Å². The fraction of sp³-hybridized carbons (Fsp3) is 0.320. The molecule has 0 aliphatic carbocycles. The van der Waals surface area contributed by atoms with Crippen LogP contribution in [0.25, 0.3) is 11.0 Å². The zero-order valence-corrected chi connectivity index (χ0v) is 18.2. The maximum absolute atomic E-state index is 13.3. The monoisotopic (exact) mass is 418 g/mol. The smallest absolute Gasteiger partial charge is 0.336 e. The number of urea groups is 1. The van der Waals surface area contributed by atoms with Crippen molar-refractivity contribution in [2.24, 2.45) is 0 Å². The lowest BCUT2D eigenvalue weighted by Gasteiger charge is -2.22. The molecule has 31 heavy (non-hydrogen) atoms. The van der Waals surface area contributed by atoms with Crippen molar-refractivity contribution in [2.45, 2.75) is 52.6 Å². The Morgan fingerprint density at radius 2 is 1.68 bits per heavy atom. The normalized spacial score (nSPS) is 18.6. The first-order valence-electron chi connectivity index (χ1n) is 10.5. The van der Waals surface area contributed by atoms with Gasteiger partial charge in [-0.05, 0) is 67.1 Å². The number of hydrogen-bond donors (Lipinski definition) is 1. The molecule has 0 spiro atoms. The third-order valence-electron chi connectivity index (χ3n) is 6.12. The Balaban J connectivity index is 1.69. The van der Waals surface area contributed by atoms with E-state index in [9.17, 15) is 14.4 Å². The molecule has 3 amide bonds. The maximum atomic E-state index is 13.3. The molecule has 160 valence electrons. The molecule has 0 saturated carbocycles. The van der Waals surface area contributed by atoms with Crippen molar-refractivity contribution in [1.82, 2.24) is 10.2 Å². The average molecular weight is 418 g/mol. The highest BCUT2D eigenvalue weighted by molar-refractivity contribution is 6.07. The van der Waals surface area contributed by atoms with E-state index < -0.39 is 17.2 Å². The largest absolute Gasteiger partial charge is 0.423 e. The van der Waals surface area contributed by atoms with Gasteiger partial charge in [0.15, 0.2) is 0 Å². The third kappa shape index (κ3) is 3.63. The van der Waals surface area contributed by atoms with E-state index in [0.29, 0.717) is 11.1 Å². The van der Waals surface area contributed by atoms with Crippen molar-refractivity contribution in [3.8, 4) is 0 Å². The lowest BCUT2D eigenvalue weighted by molar-refractivity contribution is -0.131. The van der Waals surface area contributed by atoms with Crippen molar-refractivity contribution < 1.29 is 14.0 Å². The third-order valence-corrected chi connectivity index (χ3v) is 6.12. The van der Waals surface area contributed by atoms with Gasteiger partial charge >= 0.3 is 11.7 Å². The van der Waals surface area contributed by atoms with Crippen LogP contribution in [-0.2, 0) is 23.3 Å². The molecular weight excluding hydrogens is 392 g/mol. The van der Waals surface area contributed by atoms with Crippen molar-refractivity contribution in [3.63, 3.8) is 0 Å². The molecule has 0 unspecified atom stereocenters. The number of carbonyl (C=O) groups excluding carboxylic acids is 2. The molecule has 2 heterocycles. The van der Waals surface area contributed by atoms with Crippen LogP contribution in [0.2, 0.25) is 0 Å². The fourth-order valence-electron chi connectivity index (χ4n) is 4.11. The van der Waals surface area contributed by atoms with Crippen LogP contribution in [0.5, 0.6) is 0 Å². The molecule has 0 bridgehead atoms. The maximum Gasteiger partial charge on any atom is 0.336 e. The van der Waals surface area contributed by atoms with Gasteiger partial charge in [-0.1, -0.05) is 37.6 Å². The molecule has 4 rings (SSSR count). The van der Waals surface area contributed by atoms with E-state index in [1.54, 1.807) is 6.92 Å². The van der Waals surface area contributed by atoms with Gasteiger partial charge in [0.05, 0.1) is 6.54 Å². The minimum absolute atomic E-state index is 0.00121. The molecule has 1 N–H and O–H groups in total. The first-order chi connectivity index (χ1) is 14.7.